The fraction of sp³-hybridized carbons (Fsp3) is 0.519. The van der Waals surface area contributed by atoms with Gasteiger partial charge in [0, 0.05) is 37.9 Å². The average molecular weight is 465 g/mol. The Bertz CT molecular complexity index is 1020. The smallest absolute Gasteiger partial charge is 0.234 e. The summed E-state index contributed by atoms with van der Waals surface area (Å²) >= 11 is 0. The summed E-state index contributed by atoms with van der Waals surface area (Å²) in [7, 11) is 1.66. The van der Waals surface area contributed by atoms with Crippen LogP contribution < -0.4 is 10.1 Å². The molecule has 0 unspecified atom stereocenters. The van der Waals surface area contributed by atoms with E-state index in [2.05, 4.69) is 15.2 Å². The zero-order valence-corrected chi connectivity index (χ0v) is 20.4. The first-order valence-electron chi connectivity index (χ1n) is 12.4. The number of aryl methyl sites for hydroxylation is 2. The molecule has 2 amide bonds. The number of hydrogen-bond acceptors (Lipinski definition) is 5. The number of fused-ring (bicyclic) bond motifs is 1. The van der Waals surface area contributed by atoms with Crippen LogP contribution in [0.3, 0.4) is 0 Å². The lowest BCUT2D eigenvalue weighted by Gasteiger charge is -2.31. The summed E-state index contributed by atoms with van der Waals surface area (Å²) in [4.78, 5) is 34.2. The lowest BCUT2D eigenvalue weighted by Crippen LogP contribution is -2.40. The van der Waals surface area contributed by atoms with Gasteiger partial charge in [-0.1, -0.05) is 24.6 Å². The van der Waals surface area contributed by atoms with Crippen LogP contribution in [0.1, 0.15) is 53.6 Å². The second-order valence-electron chi connectivity index (χ2n) is 9.32. The number of piperidine rings is 1. The summed E-state index contributed by atoms with van der Waals surface area (Å²) in [6.45, 7) is 6.24. The van der Waals surface area contributed by atoms with Crippen LogP contribution in [0, 0.1) is 6.92 Å². The lowest BCUT2D eigenvalue weighted by molar-refractivity contribution is -0.132. The lowest BCUT2D eigenvalue weighted by atomic mass is 9.94. The van der Waals surface area contributed by atoms with E-state index < -0.39 is 0 Å². The van der Waals surface area contributed by atoms with Crippen molar-refractivity contribution in [2.45, 2.75) is 58.5 Å². The fourth-order valence-corrected chi connectivity index (χ4v) is 5.04. The molecule has 0 saturated carbocycles. The van der Waals surface area contributed by atoms with Crippen LogP contribution in [0.15, 0.2) is 30.5 Å². The highest BCUT2D eigenvalue weighted by Gasteiger charge is 2.24. The monoisotopic (exact) mass is 464 g/mol. The SMILES string of the molecule is COc1ccccc1CCC(=O)N1CCc2c(cnc(C)c2CNC(=O)CN2CCCCC2)C1. The van der Waals surface area contributed by atoms with E-state index in [0.29, 0.717) is 39.0 Å². The Balaban J connectivity index is 1.34. The fourth-order valence-electron chi connectivity index (χ4n) is 5.04. The van der Waals surface area contributed by atoms with Crippen LogP contribution in [0.4, 0.5) is 0 Å². The van der Waals surface area contributed by atoms with Crippen LogP contribution >= 0.6 is 0 Å². The van der Waals surface area contributed by atoms with E-state index in [1.165, 1.54) is 24.8 Å². The van der Waals surface area contributed by atoms with Gasteiger partial charge in [0.05, 0.1) is 13.7 Å². The van der Waals surface area contributed by atoms with Gasteiger partial charge in [-0.25, -0.2) is 0 Å². The van der Waals surface area contributed by atoms with E-state index in [0.717, 1.165) is 47.6 Å². The van der Waals surface area contributed by atoms with Gasteiger partial charge in [-0.05, 0) is 74.0 Å². The van der Waals surface area contributed by atoms with Gasteiger partial charge < -0.3 is 15.0 Å². The minimum atomic E-state index is 0.0721. The Morgan fingerprint density at radius 2 is 1.91 bits per heavy atom. The predicted molar refractivity (Wildman–Crippen MR) is 132 cm³/mol. The van der Waals surface area contributed by atoms with Crippen molar-refractivity contribution in [2.75, 3.05) is 33.3 Å². The third-order valence-corrected chi connectivity index (χ3v) is 7.03. The second-order valence-corrected chi connectivity index (χ2v) is 9.32. The highest BCUT2D eigenvalue weighted by molar-refractivity contribution is 5.78. The number of likely N-dealkylation sites (tertiary alicyclic amines) is 1. The molecule has 2 aromatic rings. The average Bonchev–Trinajstić information content (AvgIpc) is 2.87. The van der Waals surface area contributed by atoms with Crippen LogP contribution in [-0.4, -0.2) is 59.9 Å². The molecule has 2 aliphatic rings. The number of methoxy groups -OCH3 is 1. The molecule has 0 spiro atoms. The van der Waals surface area contributed by atoms with Crippen molar-refractivity contribution in [3.05, 3.63) is 58.4 Å². The van der Waals surface area contributed by atoms with Crippen molar-refractivity contribution in [1.29, 1.82) is 0 Å². The molecule has 7 heteroatoms. The molecular weight excluding hydrogens is 428 g/mol. The molecule has 1 fully saturated rings. The summed E-state index contributed by atoms with van der Waals surface area (Å²) in [6, 6.07) is 7.85. The number of benzene rings is 1. The van der Waals surface area contributed by atoms with Crippen LogP contribution in [0.5, 0.6) is 5.75 Å². The molecule has 0 radical (unpaired) electrons. The normalized spacial score (nSPS) is 16.1. The molecule has 7 nitrogen and oxygen atoms in total. The maximum atomic E-state index is 12.9. The molecule has 2 aliphatic heterocycles. The van der Waals surface area contributed by atoms with Gasteiger partial charge in [-0.3, -0.25) is 19.5 Å². The van der Waals surface area contributed by atoms with Gasteiger partial charge in [0.1, 0.15) is 5.75 Å². The molecule has 1 N–H and O–H groups in total. The number of aromatic nitrogens is 1. The molecule has 4 rings (SSSR count). The van der Waals surface area contributed by atoms with Crippen LogP contribution in [-0.2, 0) is 35.5 Å². The first kappa shape index (κ1) is 24.2. The molecule has 0 atom stereocenters. The summed E-state index contributed by atoms with van der Waals surface area (Å²) in [5, 5.41) is 3.11. The number of nitrogens with one attached hydrogen (secondary N) is 1. The first-order chi connectivity index (χ1) is 16.5. The van der Waals surface area contributed by atoms with Gasteiger partial charge >= 0.3 is 0 Å². The summed E-state index contributed by atoms with van der Waals surface area (Å²) < 4.78 is 5.41. The zero-order chi connectivity index (χ0) is 23.9. The van der Waals surface area contributed by atoms with E-state index in [9.17, 15) is 9.59 Å². The molecule has 0 bridgehead atoms. The number of ether oxygens (including phenoxy) is 1. The zero-order valence-electron chi connectivity index (χ0n) is 20.4. The maximum absolute atomic E-state index is 12.9. The van der Waals surface area contributed by atoms with Gasteiger partial charge in [-0.2, -0.15) is 0 Å². The van der Waals surface area contributed by atoms with Crippen LogP contribution in [0.2, 0.25) is 0 Å². The Labute approximate surface area is 202 Å². The molecule has 0 aliphatic carbocycles. The number of hydrogen-bond donors (Lipinski definition) is 1. The molecule has 1 aromatic heterocycles. The molecule has 34 heavy (non-hydrogen) atoms. The predicted octanol–water partition coefficient (Wildman–Crippen LogP) is 3.02. The number of pyridine rings is 1. The van der Waals surface area contributed by atoms with E-state index in [1.807, 2.05) is 42.3 Å². The van der Waals surface area contributed by atoms with Gasteiger partial charge in [0.2, 0.25) is 11.8 Å². The van der Waals surface area contributed by atoms with Gasteiger partial charge in [-0.15, -0.1) is 0 Å². The van der Waals surface area contributed by atoms with Crippen molar-refractivity contribution in [3.8, 4) is 5.75 Å². The highest BCUT2D eigenvalue weighted by Crippen LogP contribution is 2.25. The molecular formula is C27H36N4O3. The Morgan fingerprint density at radius 3 is 2.71 bits per heavy atom. The van der Waals surface area contributed by atoms with E-state index in [-0.39, 0.29) is 11.8 Å². The number of nitrogens with zero attached hydrogens (tertiary/aromatic N) is 3. The van der Waals surface area contributed by atoms with Crippen molar-refractivity contribution < 1.29 is 14.3 Å². The van der Waals surface area contributed by atoms with E-state index >= 15 is 0 Å². The molecule has 3 heterocycles. The minimum absolute atomic E-state index is 0.0721. The van der Waals surface area contributed by atoms with Crippen molar-refractivity contribution in [3.63, 3.8) is 0 Å². The van der Waals surface area contributed by atoms with Crippen molar-refractivity contribution in [2.24, 2.45) is 0 Å². The van der Waals surface area contributed by atoms with Crippen molar-refractivity contribution >= 4 is 11.8 Å². The Hall–Kier alpha value is -2.93. The second kappa shape index (κ2) is 11.5. The molecule has 1 saturated heterocycles. The number of para-hydroxylation sites is 1. The first-order valence-corrected chi connectivity index (χ1v) is 12.4. The van der Waals surface area contributed by atoms with Crippen LogP contribution in [0.25, 0.3) is 0 Å². The molecule has 182 valence electrons. The Morgan fingerprint density at radius 1 is 1.12 bits per heavy atom. The number of rotatable bonds is 8. The van der Waals surface area contributed by atoms with Gasteiger partial charge in [0.15, 0.2) is 0 Å². The third kappa shape index (κ3) is 5.95. The summed E-state index contributed by atoms with van der Waals surface area (Å²) in [5.74, 6) is 1.04. The number of carbonyl (C=O) groups is 2. The largest absolute Gasteiger partial charge is 0.496 e. The molecule has 1 aromatic carbocycles. The van der Waals surface area contributed by atoms with E-state index in [1.54, 1.807) is 7.11 Å². The van der Waals surface area contributed by atoms with E-state index in [4.69, 9.17) is 4.74 Å². The summed E-state index contributed by atoms with van der Waals surface area (Å²) in [6.07, 6.45) is 7.41. The quantitative estimate of drug-likeness (QED) is 0.650. The van der Waals surface area contributed by atoms with Crippen molar-refractivity contribution in [1.82, 2.24) is 20.1 Å². The number of carbonyl (C=O) groups excluding carboxylic acids is 2. The summed E-state index contributed by atoms with van der Waals surface area (Å²) in [5.41, 5.74) is 5.43. The topological polar surface area (TPSA) is 74.8 Å². The standard InChI is InChI=1S/C27H36N4O3/c1-20-24(17-29-26(32)19-30-13-6-3-7-14-30)23-12-15-31(18-22(23)16-28-20)27(33)11-10-21-8-4-5-9-25(21)34-2/h4-5,8-9,16H,3,6-7,10-15,17-19H2,1-2H3,(H,29,32). The Kier molecular flexibility index (Phi) is 8.16. The number of amides is 2. The minimum Gasteiger partial charge on any atom is -0.496 e. The highest BCUT2D eigenvalue weighted by atomic mass is 16.5. The van der Waals surface area contributed by atoms with Gasteiger partial charge in [0.25, 0.3) is 0 Å². The third-order valence-electron chi connectivity index (χ3n) is 7.03. The maximum Gasteiger partial charge on any atom is 0.234 e.